The molecule has 0 spiro atoms. The molecule has 0 aliphatic heterocycles. The van der Waals surface area contributed by atoms with Crippen LogP contribution in [0.4, 0.5) is 0 Å². The monoisotopic (exact) mass is 227 g/mol. The van der Waals surface area contributed by atoms with Gasteiger partial charge in [0, 0.05) is 6.20 Å². The van der Waals surface area contributed by atoms with Crippen LogP contribution in [0.3, 0.4) is 0 Å². The van der Waals surface area contributed by atoms with Crippen molar-refractivity contribution in [3.05, 3.63) is 30.1 Å². The number of hydrazone groups is 1. The fourth-order valence-electron chi connectivity index (χ4n) is 0.862. The van der Waals surface area contributed by atoms with Crippen molar-refractivity contribution in [3.63, 3.8) is 0 Å². The molecule has 1 aromatic rings. The maximum Gasteiger partial charge on any atom is 0.149 e. The molecule has 1 rings (SSSR count). The normalized spacial score (nSPS) is 9.57. The molecule has 1 aromatic heterocycles. The van der Waals surface area contributed by atoms with Gasteiger partial charge >= 0.3 is 0 Å². The molecule has 0 aliphatic carbocycles. The zero-order valence-corrected chi connectivity index (χ0v) is 9.86. The van der Waals surface area contributed by atoms with E-state index in [2.05, 4.69) is 15.5 Å². The average Bonchev–Trinajstić information content (AvgIpc) is 2.26. The molecule has 1 N–H and O–H groups in total. The highest BCUT2D eigenvalue weighted by Gasteiger charge is 1.93. The third kappa shape index (κ3) is 4.02. The van der Waals surface area contributed by atoms with Gasteiger partial charge in [0.15, 0.2) is 0 Å². The van der Waals surface area contributed by atoms with Crippen LogP contribution in [-0.2, 0) is 6.54 Å². The third-order valence-corrected chi connectivity index (χ3v) is 3.39. The average molecular weight is 227 g/mol. The van der Waals surface area contributed by atoms with E-state index < -0.39 is 0 Å². The summed E-state index contributed by atoms with van der Waals surface area (Å²) in [4.78, 5) is 4.18. The standard InChI is InChI=1S/C9H13N3S2/c1-13-9(14-2)12-11-7-8-5-3-4-6-10-8/h3-6,11H,7H2,1-2H3. The summed E-state index contributed by atoms with van der Waals surface area (Å²) in [6.45, 7) is 0.672. The minimum Gasteiger partial charge on any atom is -0.302 e. The van der Waals surface area contributed by atoms with Gasteiger partial charge in [-0.2, -0.15) is 5.10 Å². The molecule has 0 aromatic carbocycles. The first-order valence-electron chi connectivity index (χ1n) is 4.15. The van der Waals surface area contributed by atoms with Crippen molar-refractivity contribution in [1.82, 2.24) is 10.4 Å². The van der Waals surface area contributed by atoms with Crippen LogP contribution in [-0.4, -0.2) is 21.9 Å². The second-order valence-electron chi connectivity index (χ2n) is 2.44. The lowest BCUT2D eigenvalue weighted by Gasteiger charge is -2.01. The minimum atomic E-state index is 0.672. The topological polar surface area (TPSA) is 37.3 Å². The van der Waals surface area contributed by atoms with Crippen molar-refractivity contribution in [2.24, 2.45) is 5.10 Å². The van der Waals surface area contributed by atoms with E-state index >= 15 is 0 Å². The fourth-order valence-corrected chi connectivity index (χ4v) is 1.84. The van der Waals surface area contributed by atoms with Crippen LogP contribution in [0.5, 0.6) is 0 Å². The summed E-state index contributed by atoms with van der Waals surface area (Å²) in [7, 11) is 0. The number of nitrogens with zero attached hydrogens (tertiary/aromatic N) is 2. The highest BCUT2D eigenvalue weighted by molar-refractivity contribution is 8.38. The number of hydrogen-bond donors (Lipinski definition) is 1. The van der Waals surface area contributed by atoms with Gasteiger partial charge in [0.25, 0.3) is 0 Å². The Morgan fingerprint density at radius 3 is 2.79 bits per heavy atom. The third-order valence-electron chi connectivity index (χ3n) is 1.51. The first kappa shape index (κ1) is 11.4. The lowest BCUT2D eigenvalue weighted by molar-refractivity contribution is 0.730. The van der Waals surface area contributed by atoms with Gasteiger partial charge in [-0.15, -0.1) is 23.5 Å². The van der Waals surface area contributed by atoms with E-state index in [9.17, 15) is 0 Å². The van der Waals surface area contributed by atoms with Crippen molar-refractivity contribution >= 4 is 27.9 Å². The summed E-state index contributed by atoms with van der Waals surface area (Å²) in [5.41, 5.74) is 3.99. The number of pyridine rings is 1. The summed E-state index contributed by atoms with van der Waals surface area (Å²) < 4.78 is 1.03. The highest BCUT2D eigenvalue weighted by Crippen LogP contribution is 2.09. The molecule has 0 saturated heterocycles. The summed E-state index contributed by atoms with van der Waals surface area (Å²) >= 11 is 3.27. The van der Waals surface area contributed by atoms with Crippen molar-refractivity contribution in [2.45, 2.75) is 6.54 Å². The van der Waals surface area contributed by atoms with Gasteiger partial charge in [0.1, 0.15) is 4.38 Å². The first-order valence-corrected chi connectivity index (χ1v) is 6.60. The van der Waals surface area contributed by atoms with Crippen LogP contribution >= 0.6 is 23.5 Å². The van der Waals surface area contributed by atoms with Gasteiger partial charge in [-0.25, -0.2) is 0 Å². The predicted octanol–water partition coefficient (Wildman–Crippen LogP) is 2.17. The van der Waals surface area contributed by atoms with E-state index in [1.54, 1.807) is 29.7 Å². The van der Waals surface area contributed by atoms with Crippen molar-refractivity contribution < 1.29 is 0 Å². The van der Waals surface area contributed by atoms with E-state index in [0.717, 1.165) is 10.1 Å². The van der Waals surface area contributed by atoms with E-state index in [1.165, 1.54) is 0 Å². The molecule has 3 nitrogen and oxygen atoms in total. The van der Waals surface area contributed by atoms with Gasteiger partial charge in [0.2, 0.25) is 0 Å². The molecule has 0 bridgehead atoms. The van der Waals surface area contributed by atoms with Crippen molar-refractivity contribution in [3.8, 4) is 0 Å². The highest BCUT2D eigenvalue weighted by atomic mass is 32.2. The summed E-state index contributed by atoms with van der Waals surface area (Å²) in [5.74, 6) is 0. The molecule has 14 heavy (non-hydrogen) atoms. The van der Waals surface area contributed by atoms with Crippen molar-refractivity contribution in [1.29, 1.82) is 0 Å². The molecule has 1 heterocycles. The molecule has 5 heteroatoms. The Balaban J connectivity index is 2.38. The molecular weight excluding hydrogens is 214 g/mol. The summed E-state index contributed by atoms with van der Waals surface area (Å²) in [6, 6.07) is 5.85. The fraction of sp³-hybridized carbons (Fsp3) is 0.333. The Morgan fingerprint density at radius 2 is 2.21 bits per heavy atom. The lowest BCUT2D eigenvalue weighted by atomic mass is 10.4. The predicted molar refractivity (Wildman–Crippen MR) is 65.5 cm³/mol. The smallest absolute Gasteiger partial charge is 0.149 e. The number of nitrogens with one attached hydrogen (secondary N) is 1. The van der Waals surface area contributed by atoms with E-state index in [1.807, 2.05) is 30.7 Å². The summed E-state index contributed by atoms with van der Waals surface area (Å²) in [6.07, 6.45) is 5.81. The molecule has 0 aliphatic rings. The molecular formula is C9H13N3S2. The van der Waals surface area contributed by atoms with Crippen LogP contribution in [0, 0.1) is 0 Å². The molecule has 0 fully saturated rings. The maximum absolute atomic E-state index is 4.21. The Morgan fingerprint density at radius 1 is 1.43 bits per heavy atom. The van der Waals surface area contributed by atoms with Crippen molar-refractivity contribution in [2.75, 3.05) is 12.5 Å². The van der Waals surface area contributed by atoms with E-state index in [4.69, 9.17) is 0 Å². The van der Waals surface area contributed by atoms with Gasteiger partial charge in [-0.1, -0.05) is 6.07 Å². The van der Waals surface area contributed by atoms with E-state index in [0.29, 0.717) is 6.54 Å². The van der Waals surface area contributed by atoms with Gasteiger partial charge in [0.05, 0.1) is 12.2 Å². The van der Waals surface area contributed by atoms with Gasteiger partial charge in [-0.05, 0) is 24.6 Å². The molecule has 0 saturated carbocycles. The molecule has 76 valence electrons. The molecule has 0 unspecified atom stereocenters. The van der Waals surface area contributed by atoms with Crippen LogP contribution in [0.2, 0.25) is 0 Å². The number of hydrogen-bond acceptors (Lipinski definition) is 5. The minimum absolute atomic E-state index is 0.672. The Hall–Kier alpha value is -0.680. The number of rotatable bonds is 3. The largest absolute Gasteiger partial charge is 0.302 e. The second kappa shape index (κ2) is 6.73. The van der Waals surface area contributed by atoms with E-state index in [-0.39, 0.29) is 0 Å². The Kier molecular flexibility index (Phi) is 5.47. The zero-order chi connectivity index (χ0) is 10.2. The van der Waals surface area contributed by atoms with Crippen LogP contribution in [0.15, 0.2) is 29.5 Å². The van der Waals surface area contributed by atoms with Crippen LogP contribution in [0.1, 0.15) is 5.69 Å². The van der Waals surface area contributed by atoms with Crippen LogP contribution < -0.4 is 5.43 Å². The Labute approximate surface area is 92.8 Å². The first-order chi connectivity index (χ1) is 6.86. The number of thioether (sulfide) groups is 2. The SMILES string of the molecule is CSC(=NNCc1ccccn1)SC. The summed E-state index contributed by atoms with van der Waals surface area (Å²) in [5, 5.41) is 4.21. The van der Waals surface area contributed by atoms with Crippen LogP contribution in [0.25, 0.3) is 0 Å². The van der Waals surface area contributed by atoms with Gasteiger partial charge in [-0.3, -0.25) is 4.98 Å². The Bertz CT molecular complexity index is 281. The zero-order valence-electron chi connectivity index (χ0n) is 8.23. The quantitative estimate of drug-likeness (QED) is 0.488. The maximum atomic E-state index is 4.21. The number of aromatic nitrogens is 1. The molecule has 0 amide bonds. The van der Waals surface area contributed by atoms with Gasteiger partial charge < -0.3 is 5.43 Å². The molecule has 0 atom stereocenters. The second-order valence-corrected chi connectivity index (χ2v) is 4.29. The lowest BCUT2D eigenvalue weighted by Crippen LogP contribution is -2.08. The molecule has 0 radical (unpaired) electrons.